The molecule has 0 aliphatic carbocycles. The van der Waals surface area contributed by atoms with E-state index in [9.17, 15) is 0 Å². The van der Waals surface area contributed by atoms with Crippen molar-refractivity contribution in [2.45, 2.75) is 26.8 Å². The standard InChI is InChI=1S/C18H25N3OS/c1-15-4-6-17(7-5-15)19-18-21(16(2)14-23-18)9-3-8-20-10-12-22-13-11-20/h4-7,14H,3,8-13H2,1-2H3. The van der Waals surface area contributed by atoms with Crippen molar-refractivity contribution in [3.05, 3.63) is 45.7 Å². The van der Waals surface area contributed by atoms with Crippen molar-refractivity contribution in [1.29, 1.82) is 0 Å². The quantitative estimate of drug-likeness (QED) is 0.842. The topological polar surface area (TPSA) is 29.8 Å². The lowest BCUT2D eigenvalue weighted by Gasteiger charge is -2.26. The van der Waals surface area contributed by atoms with Crippen LogP contribution in [0.3, 0.4) is 0 Å². The zero-order valence-corrected chi connectivity index (χ0v) is 14.8. The number of aromatic nitrogens is 1. The lowest BCUT2D eigenvalue weighted by atomic mass is 10.2. The highest BCUT2D eigenvalue weighted by molar-refractivity contribution is 7.07. The summed E-state index contributed by atoms with van der Waals surface area (Å²) in [4.78, 5) is 8.40. The highest BCUT2D eigenvalue weighted by Gasteiger charge is 2.10. The number of morpholine rings is 1. The monoisotopic (exact) mass is 331 g/mol. The van der Waals surface area contributed by atoms with Gasteiger partial charge in [0.15, 0.2) is 4.80 Å². The molecule has 0 unspecified atom stereocenters. The largest absolute Gasteiger partial charge is 0.379 e. The number of nitrogens with zero attached hydrogens (tertiary/aromatic N) is 3. The molecular weight excluding hydrogens is 306 g/mol. The lowest BCUT2D eigenvalue weighted by molar-refractivity contribution is 0.0369. The van der Waals surface area contributed by atoms with Crippen LogP contribution < -0.4 is 4.80 Å². The van der Waals surface area contributed by atoms with Gasteiger partial charge in [-0.3, -0.25) is 4.90 Å². The summed E-state index contributed by atoms with van der Waals surface area (Å²) in [5.41, 5.74) is 3.59. The van der Waals surface area contributed by atoms with E-state index in [0.29, 0.717) is 0 Å². The molecule has 0 bridgehead atoms. The van der Waals surface area contributed by atoms with Crippen molar-refractivity contribution in [2.75, 3.05) is 32.8 Å². The van der Waals surface area contributed by atoms with Crippen LogP contribution in [-0.4, -0.2) is 42.3 Å². The maximum absolute atomic E-state index is 5.40. The van der Waals surface area contributed by atoms with Crippen LogP contribution in [0.25, 0.3) is 0 Å². The van der Waals surface area contributed by atoms with Gasteiger partial charge in [0.1, 0.15) is 0 Å². The molecule has 5 heteroatoms. The molecule has 0 radical (unpaired) electrons. The third-order valence-electron chi connectivity index (χ3n) is 4.21. The van der Waals surface area contributed by atoms with Gasteiger partial charge in [0, 0.05) is 37.3 Å². The van der Waals surface area contributed by atoms with E-state index in [-0.39, 0.29) is 0 Å². The van der Waals surface area contributed by atoms with Crippen LogP contribution in [0.5, 0.6) is 0 Å². The van der Waals surface area contributed by atoms with E-state index in [4.69, 9.17) is 9.73 Å². The molecule has 0 atom stereocenters. The van der Waals surface area contributed by atoms with E-state index in [1.807, 2.05) is 0 Å². The van der Waals surface area contributed by atoms with Gasteiger partial charge in [-0.1, -0.05) is 17.7 Å². The minimum atomic E-state index is 0.874. The SMILES string of the molecule is Cc1ccc(N=c2scc(C)n2CCCN2CCOCC2)cc1. The molecule has 1 fully saturated rings. The van der Waals surface area contributed by atoms with Crippen molar-refractivity contribution in [1.82, 2.24) is 9.47 Å². The fourth-order valence-electron chi connectivity index (χ4n) is 2.78. The van der Waals surface area contributed by atoms with Crippen LogP contribution in [0.2, 0.25) is 0 Å². The Hall–Kier alpha value is -1.43. The van der Waals surface area contributed by atoms with Gasteiger partial charge in [-0.25, -0.2) is 4.99 Å². The third-order valence-corrected chi connectivity index (χ3v) is 5.19. The summed E-state index contributed by atoms with van der Waals surface area (Å²) in [6.07, 6.45) is 1.15. The van der Waals surface area contributed by atoms with Gasteiger partial charge >= 0.3 is 0 Å². The molecule has 0 N–H and O–H groups in total. The van der Waals surface area contributed by atoms with Crippen LogP contribution in [0, 0.1) is 13.8 Å². The summed E-state index contributed by atoms with van der Waals surface area (Å²) in [5.74, 6) is 0. The molecule has 23 heavy (non-hydrogen) atoms. The Morgan fingerprint density at radius 2 is 1.83 bits per heavy atom. The molecule has 3 rings (SSSR count). The van der Waals surface area contributed by atoms with Crippen LogP contribution in [0.15, 0.2) is 34.6 Å². The number of hydrogen-bond donors (Lipinski definition) is 0. The van der Waals surface area contributed by atoms with Gasteiger partial charge in [0.25, 0.3) is 0 Å². The summed E-state index contributed by atoms with van der Waals surface area (Å²) in [5, 5.41) is 2.20. The molecule has 2 aromatic rings. The molecular formula is C18H25N3OS. The summed E-state index contributed by atoms with van der Waals surface area (Å²) in [6.45, 7) is 10.3. The number of aryl methyl sites for hydroxylation is 2. The van der Waals surface area contributed by atoms with Gasteiger partial charge < -0.3 is 9.30 Å². The molecule has 124 valence electrons. The summed E-state index contributed by atoms with van der Waals surface area (Å²) in [6, 6.07) is 8.40. The Morgan fingerprint density at radius 3 is 2.57 bits per heavy atom. The second-order valence-corrected chi connectivity index (χ2v) is 6.90. The van der Waals surface area contributed by atoms with Gasteiger partial charge in [0.05, 0.1) is 18.9 Å². The molecule has 4 nitrogen and oxygen atoms in total. The van der Waals surface area contributed by atoms with Crippen molar-refractivity contribution in [2.24, 2.45) is 4.99 Å². The van der Waals surface area contributed by atoms with E-state index in [0.717, 1.165) is 56.3 Å². The summed E-state index contributed by atoms with van der Waals surface area (Å²) < 4.78 is 7.74. The zero-order valence-electron chi connectivity index (χ0n) is 14.0. The highest BCUT2D eigenvalue weighted by Crippen LogP contribution is 2.12. The molecule has 1 aliphatic heterocycles. The second-order valence-electron chi connectivity index (χ2n) is 6.07. The van der Waals surface area contributed by atoms with Gasteiger partial charge in [0.2, 0.25) is 0 Å². The first-order valence-electron chi connectivity index (χ1n) is 8.29. The predicted octanol–water partition coefficient (Wildman–Crippen LogP) is 3.12. The number of rotatable bonds is 5. The maximum atomic E-state index is 5.40. The number of benzene rings is 1. The molecule has 1 aromatic heterocycles. The molecule has 0 amide bonds. The summed E-state index contributed by atoms with van der Waals surface area (Å²) in [7, 11) is 0. The smallest absolute Gasteiger partial charge is 0.190 e. The fourth-order valence-corrected chi connectivity index (χ4v) is 3.71. The van der Waals surface area contributed by atoms with Crippen LogP contribution in [-0.2, 0) is 11.3 Å². The number of ether oxygens (including phenoxy) is 1. The molecule has 1 aliphatic rings. The Morgan fingerprint density at radius 1 is 1.09 bits per heavy atom. The molecule has 0 spiro atoms. The first-order valence-corrected chi connectivity index (χ1v) is 9.17. The molecule has 0 saturated carbocycles. The van der Waals surface area contributed by atoms with E-state index in [1.54, 1.807) is 11.3 Å². The van der Waals surface area contributed by atoms with E-state index in [1.165, 1.54) is 11.3 Å². The van der Waals surface area contributed by atoms with E-state index < -0.39 is 0 Å². The van der Waals surface area contributed by atoms with Gasteiger partial charge in [-0.15, -0.1) is 11.3 Å². The Balaban J connectivity index is 1.67. The average molecular weight is 331 g/mol. The van der Waals surface area contributed by atoms with E-state index in [2.05, 4.69) is 53.0 Å². The first kappa shape index (κ1) is 16.4. The molecule has 2 heterocycles. The van der Waals surface area contributed by atoms with Crippen molar-refractivity contribution < 1.29 is 4.74 Å². The lowest BCUT2D eigenvalue weighted by Crippen LogP contribution is -2.37. The number of thiazole rings is 1. The minimum absolute atomic E-state index is 0.874. The van der Waals surface area contributed by atoms with Gasteiger partial charge in [-0.05, 0) is 32.4 Å². The van der Waals surface area contributed by atoms with Crippen LogP contribution in [0.1, 0.15) is 17.7 Å². The van der Waals surface area contributed by atoms with Crippen molar-refractivity contribution >= 4 is 17.0 Å². The Kier molecular flexibility index (Phi) is 5.65. The Labute approximate surface area is 142 Å². The molecule has 1 aromatic carbocycles. The molecule has 1 saturated heterocycles. The predicted molar refractivity (Wildman–Crippen MR) is 95.3 cm³/mol. The van der Waals surface area contributed by atoms with Crippen molar-refractivity contribution in [3.8, 4) is 0 Å². The first-order chi connectivity index (χ1) is 11.2. The van der Waals surface area contributed by atoms with Crippen LogP contribution in [0.4, 0.5) is 5.69 Å². The third kappa shape index (κ3) is 4.53. The number of hydrogen-bond acceptors (Lipinski definition) is 4. The van der Waals surface area contributed by atoms with Crippen LogP contribution >= 0.6 is 11.3 Å². The van der Waals surface area contributed by atoms with E-state index >= 15 is 0 Å². The Bertz CT molecular complexity index is 681. The zero-order chi connectivity index (χ0) is 16.1. The maximum Gasteiger partial charge on any atom is 0.190 e. The summed E-state index contributed by atoms with van der Waals surface area (Å²) >= 11 is 1.72. The highest BCUT2D eigenvalue weighted by atomic mass is 32.1. The van der Waals surface area contributed by atoms with Crippen molar-refractivity contribution in [3.63, 3.8) is 0 Å². The van der Waals surface area contributed by atoms with Gasteiger partial charge in [-0.2, -0.15) is 0 Å². The fraction of sp³-hybridized carbons (Fsp3) is 0.500. The normalized spacial score (nSPS) is 16.9. The minimum Gasteiger partial charge on any atom is -0.379 e. The second kappa shape index (κ2) is 7.90. The average Bonchev–Trinajstić information content (AvgIpc) is 2.91.